The first-order chi connectivity index (χ1) is 3.29. The summed E-state index contributed by atoms with van der Waals surface area (Å²) in [6.45, 7) is 1.34. The third-order valence-electron chi connectivity index (χ3n) is 0.709. The number of carbonyl (C=O) groups excluding carboxylic acids is 1. The molecule has 1 aliphatic rings. The van der Waals surface area contributed by atoms with Crippen LogP contribution in [0.4, 0.5) is 0 Å². The van der Waals surface area contributed by atoms with Gasteiger partial charge in [-0.05, 0) is 0 Å². The molecule has 1 atom stereocenters. The first-order valence-corrected chi connectivity index (χ1v) is 2.39. The van der Waals surface area contributed by atoms with Crippen LogP contribution in [-0.2, 0) is 9.53 Å². The molecule has 3 heteroatoms. The van der Waals surface area contributed by atoms with Gasteiger partial charge in [0.25, 0.3) is 0 Å². The predicted molar refractivity (Wildman–Crippen MR) is 24.6 cm³/mol. The molecule has 0 bridgehead atoms. The molecule has 0 saturated carbocycles. The highest BCUT2D eigenvalue weighted by molar-refractivity contribution is 6.23. The van der Waals surface area contributed by atoms with Gasteiger partial charge in [-0.2, -0.15) is 0 Å². The summed E-state index contributed by atoms with van der Waals surface area (Å²) in [5, 5.41) is -0.201. The molecule has 1 rings (SSSR count). The van der Waals surface area contributed by atoms with E-state index in [0.717, 1.165) is 0 Å². The van der Waals surface area contributed by atoms with Crippen LogP contribution in [0.5, 0.6) is 0 Å². The van der Waals surface area contributed by atoms with Crippen molar-refractivity contribution in [1.29, 1.82) is 0 Å². The Bertz CT molecular complexity index is 91.7. The quantitative estimate of drug-likeness (QED) is 0.347. The molecule has 2 nitrogen and oxygen atoms in total. The zero-order chi connectivity index (χ0) is 5.28. The molecule has 0 aliphatic carbocycles. The normalized spacial score (nSPS) is 30.4. The Balaban J connectivity index is 2.40. The lowest BCUT2D eigenvalue weighted by molar-refractivity contribution is -0.135. The SMILES string of the molecule is O=C1CC(Cl)[CH]O1. The molecule has 0 aromatic heterocycles. The van der Waals surface area contributed by atoms with E-state index in [9.17, 15) is 4.79 Å². The van der Waals surface area contributed by atoms with Gasteiger partial charge in [0, 0.05) is 0 Å². The number of cyclic esters (lactones) is 1. The van der Waals surface area contributed by atoms with Crippen molar-refractivity contribution >= 4 is 17.6 Å². The number of alkyl halides is 1. The highest BCUT2D eigenvalue weighted by atomic mass is 35.5. The monoisotopic (exact) mass is 119 g/mol. The Hall–Kier alpha value is -0.240. The molecule has 0 amide bonds. The smallest absolute Gasteiger partial charge is 0.307 e. The fraction of sp³-hybridized carbons (Fsp3) is 0.500. The van der Waals surface area contributed by atoms with Crippen molar-refractivity contribution in [3.8, 4) is 0 Å². The Labute approximate surface area is 46.4 Å². The summed E-state index contributed by atoms with van der Waals surface area (Å²) in [6, 6.07) is 0. The fourth-order valence-corrected chi connectivity index (χ4v) is 0.583. The number of halogens is 1. The first-order valence-electron chi connectivity index (χ1n) is 1.96. The Morgan fingerprint density at radius 3 is 2.86 bits per heavy atom. The molecule has 1 unspecified atom stereocenters. The lowest BCUT2D eigenvalue weighted by Crippen LogP contribution is -1.90. The van der Waals surface area contributed by atoms with Crippen LogP contribution in [0.25, 0.3) is 0 Å². The summed E-state index contributed by atoms with van der Waals surface area (Å²) in [5.41, 5.74) is 0. The maximum atomic E-state index is 10.1. The Morgan fingerprint density at radius 1 is 2.00 bits per heavy atom. The van der Waals surface area contributed by atoms with Crippen molar-refractivity contribution in [1.82, 2.24) is 0 Å². The fourth-order valence-electron chi connectivity index (χ4n) is 0.405. The second-order valence-corrected chi connectivity index (χ2v) is 1.91. The minimum Gasteiger partial charge on any atom is -0.457 e. The molecule has 1 radical (unpaired) electrons. The summed E-state index contributed by atoms with van der Waals surface area (Å²) in [6.07, 6.45) is 0.321. The van der Waals surface area contributed by atoms with Gasteiger partial charge in [-0.1, -0.05) is 0 Å². The van der Waals surface area contributed by atoms with E-state index in [-0.39, 0.29) is 11.3 Å². The average Bonchev–Trinajstić information content (AvgIpc) is 1.87. The van der Waals surface area contributed by atoms with E-state index in [1.165, 1.54) is 6.61 Å². The average molecular weight is 120 g/mol. The molecule has 0 aromatic rings. The number of ether oxygens (including phenoxy) is 1. The molecule has 0 N–H and O–H groups in total. The highest BCUT2D eigenvalue weighted by Crippen LogP contribution is 2.15. The van der Waals surface area contributed by atoms with Crippen molar-refractivity contribution in [2.45, 2.75) is 11.8 Å². The third-order valence-corrected chi connectivity index (χ3v) is 0.966. The minimum absolute atomic E-state index is 0.201. The van der Waals surface area contributed by atoms with Crippen LogP contribution in [0.15, 0.2) is 0 Å². The zero-order valence-electron chi connectivity index (χ0n) is 3.56. The van der Waals surface area contributed by atoms with Crippen LogP contribution in [0.1, 0.15) is 6.42 Å². The Kier molecular flexibility index (Phi) is 1.19. The molecular formula is C4H4ClO2. The molecule has 0 aromatic carbocycles. The van der Waals surface area contributed by atoms with Crippen molar-refractivity contribution in [3.05, 3.63) is 6.61 Å². The second-order valence-electron chi connectivity index (χ2n) is 1.35. The number of hydrogen-bond acceptors (Lipinski definition) is 2. The van der Waals surface area contributed by atoms with Gasteiger partial charge in [0.05, 0.1) is 11.8 Å². The van der Waals surface area contributed by atoms with Gasteiger partial charge in [-0.15, -0.1) is 11.6 Å². The lowest BCUT2D eigenvalue weighted by atomic mass is 10.4. The van der Waals surface area contributed by atoms with E-state index < -0.39 is 0 Å². The Morgan fingerprint density at radius 2 is 2.71 bits per heavy atom. The van der Waals surface area contributed by atoms with E-state index in [1.54, 1.807) is 0 Å². The first kappa shape index (κ1) is 4.91. The summed E-state index contributed by atoms with van der Waals surface area (Å²) in [4.78, 5) is 10.1. The van der Waals surface area contributed by atoms with Crippen molar-refractivity contribution < 1.29 is 9.53 Å². The molecule has 39 valence electrons. The molecule has 1 saturated heterocycles. The number of esters is 1. The van der Waals surface area contributed by atoms with Gasteiger partial charge >= 0.3 is 5.97 Å². The topological polar surface area (TPSA) is 26.3 Å². The summed E-state index contributed by atoms with van der Waals surface area (Å²) >= 11 is 5.41. The van der Waals surface area contributed by atoms with Gasteiger partial charge in [-0.3, -0.25) is 4.79 Å². The van der Waals surface area contributed by atoms with E-state index in [0.29, 0.717) is 6.42 Å². The molecule has 1 fully saturated rings. The number of carbonyl (C=O) groups is 1. The lowest BCUT2D eigenvalue weighted by Gasteiger charge is -1.83. The number of hydrogen-bond donors (Lipinski definition) is 0. The van der Waals surface area contributed by atoms with Crippen molar-refractivity contribution in [2.24, 2.45) is 0 Å². The molecular weight excluding hydrogens is 115 g/mol. The summed E-state index contributed by atoms with van der Waals surface area (Å²) < 4.78 is 4.37. The van der Waals surface area contributed by atoms with Gasteiger partial charge in [0.2, 0.25) is 0 Å². The van der Waals surface area contributed by atoms with Crippen molar-refractivity contribution in [3.63, 3.8) is 0 Å². The minimum atomic E-state index is -0.236. The highest BCUT2D eigenvalue weighted by Gasteiger charge is 2.21. The van der Waals surface area contributed by atoms with E-state index >= 15 is 0 Å². The van der Waals surface area contributed by atoms with E-state index in [1.807, 2.05) is 0 Å². The van der Waals surface area contributed by atoms with Gasteiger partial charge in [0.15, 0.2) is 6.61 Å². The summed E-state index contributed by atoms with van der Waals surface area (Å²) in [7, 11) is 0. The maximum Gasteiger partial charge on any atom is 0.307 e. The van der Waals surface area contributed by atoms with Gasteiger partial charge in [0.1, 0.15) is 0 Å². The second kappa shape index (κ2) is 1.70. The van der Waals surface area contributed by atoms with Crippen molar-refractivity contribution in [2.75, 3.05) is 0 Å². The van der Waals surface area contributed by atoms with E-state index in [4.69, 9.17) is 11.6 Å². The summed E-state index contributed by atoms with van der Waals surface area (Å²) in [5.74, 6) is -0.236. The maximum absolute atomic E-state index is 10.1. The van der Waals surface area contributed by atoms with E-state index in [2.05, 4.69) is 4.74 Å². The predicted octanol–water partition coefficient (Wildman–Crippen LogP) is 0.702. The van der Waals surface area contributed by atoms with Crippen LogP contribution >= 0.6 is 11.6 Å². The molecule has 1 aliphatic heterocycles. The third kappa shape index (κ3) is 1.06. The largest absolute Gasteiger partial charge is 0.457 e. The van der Waals surface area contributed by atoms with Crippen LogP contribution in [-0.4, -0.2) is 11.3 Å². The van der Waals surface area contributed by atoms with Gasteiger partial charge in [-0.25, -0.2) is 0 Å². The zero-order valence-corrected chi connectivity index (χ0v) is 4.31. The van der Waals surface area contributed by atoms with Gasteiger partial charge < -0.3 is 4.74 Å². The molecule has 1 heterocycles. The van der Waals surface area contributed by atoms with Crippen LogP contribution < -0.4 is 0 Å². The van der Waals surface area contributed by atoms with Crippen LogP contribution in [0, 0.1) is 6.61 Å². The molecule has 7 heavy (non-hydrogen) atoms. The molecule has 0 spiro atoms. The van der Waals surface area contributed by atoms with Crippen LogP contribution in [0.3, 0.4) is 0 Å². The number of rotatable bonds is 0. The van der Waals surface area contributed by atoms with Crippen LogP contribution in [0.2, 0.25) is 0 Å². The standard InChI is InChI=1S/C4H4ClO2/c5-3-1-4(6)7-2-3/h2-3H,1H2.